The Balaban J connectivity index is 1.95. The van der Waals surface area contributed by atoms with Gasteiger partial charge in [-0.05, 0) is 42.7 Å². The molecule has 2 bridgehead atoms. The highest BCUT2D eigenvalue weighted by molar-refractivity contribution is 6.31. The highest BCUT2D eigenvalue weighted by atomic mass is 35.5. The fraction of sp³-hybridized carbons (Fsp3) is 0.300. The number of likely N-dealkylation sites (N-methyl/N-ethyl adjacent to an activating group) is 1. The lowest BCUT2D eigenvalue weighted by Gasteiger charge is -2.23. The molecule has 2 atom stereocenters. The molecule has 1 aromatic heterocycles. The number of aromatic nitrogens is 1. The van der Waals surface area contributed by atoms with Crippen molar-refractivity contribution in [3.63, 3.8) is 0 Å². The number of amides is 1. The molecule has 0 saturated carbocycles. The van der Waals surface area contributed by atoms with E-state index in [2.05, 4.69) is 4.98 Å². The molecule has 2 heterocycles. The summed E-state index contributed by atoms with van der Waals surface area (Å²) in [6.45, 7) is -4.01. The smallest absolute Gasteiger partial charge is 0.387 e. The number of aryl methyl sites for hydroxylation is 1. The van der Waals surface area contributed by atoms with Crippen molar-refractivity contribution >= 4 is 23.1 Å². The minimum absolute atomic E-state index is 0.0283. The third-order valence-corrected chi connectivity index (χ3v) is 5.38. The number of alkyl halides is 2. The van der Waals surface area contributed by atoms with Gasteiger partial charge in [0.2, 0.25) is 0 Å². The van der Waals surface area contributed by atoms with E-state index in [9.17, 15) is 13.6 Å². The number of pyridine rings is 1. The van der Waals surface area contributed by atoms with E-state index in [1.54, 1.807) is 25.3 Å². The lowest BCUT2D eigenvalue weighted by atomic mass is 9.87. The number of nitrogens with zero attached hydrogens (tertiary/aromatic N) is 2. The van der Waals surface area contributed by atoms with Gasteiger partial charge in [-0.3, -0.25) is 9.78 Å². The van der Waals surface area contributed by atoms with Crippen LogP contribution in [-0.4, -0.2) is 35.4 Å². The second-order valence-corrected chi connectivity index (χ2v) is 6.97. The number of hydrogen-bond acceptors (Lipinski definition) is 3. The van der Waals surface area contributed by atoms with Crippen molar-refractivity contribution in [2.75, 3.05) is 6.98 Å². The summed E-state index contributed by atoms with van der Waals surface area (Å²) in [5.74, 6) is -1.46. The number of fused-ring (bicyclic) bond motifs is 4. The average molecular weight is 394 g/mol. The van der Waals surface area contributed by atoms with Crippen molar-refractivity contribution < 1.29 is 22.4 Å². The second kappa shape index (κ2) is 6.60. The third kappa shape index (κ3) is 2.98. The highest BCUT2D eigenvalue weighted by Crippen LogP contribution is 2.49. The number of halogens is 3. The van der Waals surface area contributed by atoms with Crippen LogP contribution in [0.4, 0.5) is 8.78 Å². The topological polar surface area (TPSA) is 42.4 Å². The molecule has 0 spiro atoms. The van der Waals surface area contributed by atoms with E-state index in [0.717, 1.165) is 10.5 Å². The van der Waals surface area contributed by atoms with E-state index in [0.29, 0.717) is 16.3 Å². The van der Waals surface area contributed by atoms with E-state index < -0.39 is 31.5 Å². The standard InChI is InChI=1S/C20H17ClF2N2O2/c1-10-9-24-16(8-15(10)21)13-6-11-7-14(13)18-12(19(26)25(11)2)4-3-5-17(18)27-20(22)23/h3-6,8-9,11,14,20H,7H2,1-2H3/t11-,14-/m0/s1/i2D3. The summed E-state index contributed by atoms with van der Waals surface area (Å²) >= 11 is 6.25. The van der Waals surface area contributed by atoms with Crippen molar-refractivity contribution in [2.45, 2.75) is 31.9 Å². The highest BCUT2D eigenvalue weighted by Gasteiger charge is 2.41. The Hall–Kier alpha value is -2.47. The molecule has 0 radical (unpaired) electrons. The van der Waals surface area contributed by atoms with E-state index >= 15 is 0 Å². The van der Waals surface area contributed by atoms with E-state index in [-0.39, 0.29) is 23.3 Å². The van der Waals surface area contributed by atoms with Gasteiger partial charge in [0.25, 0.3) is 5.91 Å². The zero-order valence-corrected chi connectivity index (χ0v) is 15.0. The van der Waals surface area contributed by atoms with Crippen LogP contribution >= 0.6 is 11.6 Å². The van der Waals surface area contributed by atoms with Crippen molar-refractivity contribution in [1.29, 1.82) is 0 Å². The first kappa shape index (κ1) is 14.6. The third-order valence-electron chi connectivity index (χ3n) is 4.97. The number of carbonyl (C=O) groups is 1. The summed E-state index contributed by atoms with van der Waals surface area (Å²) < 4.78 is 54.4. The fourth-order valence-electron chi connectivity index (χ4n) is 3.70. The summed E-state index contributed by atoms with van der Waals surface area (Å²) in [5.41, 5.74) is 2.15. The van der Waals surface area contributed by atoms with Crippen LogP contribution in [0.1, 0.15) is 43.6 Å². The van der Waals surface area contributed by atoms with Gasteiger partial charge in [0.15, 0.2) is 0 Å². The molecule has 0 unspecified atom stereocenters. The van der Waals surface area contributed by atoms with Gasteiger partial charge >= 0.3 is 6.61 Å². The van der Waals surface area contributed by atoms with Crippen LogP contribution in [0, 0.1) is 6.92 Å². The molecule has 4 rings (SSSR count). The van der Waals surface area contributed by atoms with Crippen molar-refractivity contribution in [2.24, 2.45) is 0 Å². The summed E-state index contributed by atoms with van der Waals surface area (Å²) in [7, 11) is 0. The first-order valence-electron chi connectivity index (χ1n) is 9.83. The monoisotopic (exact) mass is 393 g/mol. The summed E-state index contributed by atoms with van der Waals surface area (Å²) in [6.07, 6.45) is 3.46. The molecule has 2 aliphatic rings. The Bertz CT molecular complexity index is 1060. The molecule has 1 aromatic carbocycles. The predicted molar refractivity (Wildman–Crippen MR) is 98.3 cm³/mol. The van der Waals surface area contributed by atoms with Crippen LogP contribution in [0.5, 0.6) is 5.75 Å². The molecule has 1 aliphatic carbocycles. The first-order chi connectivity index (χ1) is 14.1. The van der Waals surface area contributed by atoms with Gasteiger partial charge in [-0.15, -0.1) is 0 Å². The van der Waals surface area contributed by atoms with Crippen LogP contribution in [0.25, 0.3) is 5.57 Å². The van der Waals surface area contributed by atoms with Gasteiger partial charge in [-0.25, -0.2) is 0 Å². The van der Waals surface area contributed by atoms with Crippen LogP contribution in [-0.2, 0) is 0 Å². The molecule has 1 aliphatic heterocycles. The number of benzene rings is 1. The van der Waals surface area contributed by atoms with Gasteiger partial charge < -0.3 is 9.64 Å². The van der Waals surface area contributed by atoms with Gasteiger partial charge in [-0.1, -0.05) is 23.7 Å². The Labute approximate surface area is 164 Å². The predicted octanol–water partition coefficient (Wildman–Crippen LogP) is 4.67. The first-order valence-corrected chi connectivity index (χ1v) is 8.71. The largest absolute Gasteiger partial charge is 0.434 e. The summed E-state index contributed by atoms with van der Waals surface area (Å²) in [4.78, 5) is 18.3. The van der Waals surface area contributed by atoms with Crippen molar-refractivity contribution in [3.8, 4) is 5.75 Å². The van der Waals surface area contributed by atoms with Crippen LogP contribution in [0.2, 0.25) is 5.02 Å². The molecule has 0 N–H and O–H groups in total. The Kier molecular flexibility index (Phi) is 3.56. The number of rotatable bonds is 3. The molecular formula is C20H17ClF2N2O2. The van der Waals surface area contributed by atoms with E-state index in [4.69, 9.17) is 20.5 Å². The number of ether oxygens (including phenoxy) is 1. The molecular weight excluding hydrogens is 374 g/mol. The van der Waals surface area contributed by atoms with Gasteiger partial charge in [0, 0.05) is 39.4 Å². The maximum absolute atomic E-state index is 13.1. The second-order valence-electron chi connectivity index (χ2n) is 6.57. The molecule has 0 fully saturated rings. The SMILES string of the molecule is [2H]C([2H])([2H])N1C(=O)c2cccc(OC(F)F)c2[C@H]2C[C@@H]1C=C2c1cc(Cl)c(C)cn1. The molecule has 140 valence electrons. The normalized spacial score (nSPS) is 23.3. The van der Waals surface area contributed by atoms with Gasteiger partial charge in [-0.2, -0.15) is 8.78 Å². The van der Waals surface area contributed by atoms with Crippen LogP contribution < -0.4 is 4.74 Å². The molecule has 4 nitrogen and oxygen atoms in total. The Morgan fingerprint density at radius 2 is 2.26 bits per heavy atom. The van der Waals surface area contributed by atoms with Crippen molar-refractivity contribution in [3.05, 3.63) is 63.9 Å². The fourth-order valence-corrected chi connectivity index (χ4v) is 3.86. The summed E-state index contributed by atoms with van der Waals surface area (Å²) in [5, 5.41) is 0.473. The molecule has 7 heteroatoms. The summed E-state index contributed by atoms with van der Waals surface area (Å²) in [6, 6.07) is 5.08. The minimum atomic E-state index is -3.09. The average Bonchev–Trinajstić information content (AvgIpc) is 3.00. The van der Waals surface area contributed by atoms with E-state index in [1.165, 1.54) is 18.2 Å². The number of hydrogen-bond donors (Lipinski definition) is 0. The minimum Gasteiger partial charge on any atom is -0.434 e. The molecule has 1 amide bonds. The lowest BCUT2D eigenvalue weighted by Crippen LogP contribution is -2.33. The maximum atomic E-state index is 13.1. The van der Waals surface area contributed by atoms with E-state index in [1.807, 2.05) is 0 Å². The molecule has 27 heavy (non-hydrogen) atoms. The van der Waals surface area contributed by atoms with Gasteiger partial charge in [0.05, 0.1) is 11.7 Å². The van der Waals surface area contributed by atoms with Crippen LogP contribution in [0.3, 0.4) is 0 Å². The molecule has 2 aromatic rings. The zero-order chi connectivity index (χ0) is 21.8. The lowest BCUT2D eigenvalue weighted by molar-refractivity contribution is -0.0505. The maximum Gasteiger partial charge on any atom is 0.387 e. The Morgan fingerprint density at radius 3 is 2.96 bits per heavy atom. The zero-order valence-electron chi connectivity index (χ0n) is 17.2. The van der Waals surface area contributed by atoms with Gasteiger partial charge in [0.1, 0.15) is 5.75 Å². The Morgan fingerprint density at radius 1 is 1.44 bits per heavy atom. The van der Waals surface area contributed by atoms with Crippen molar-refractivity contribution in [1.82, 2.24) is 9.88 Å². The molecule has 0 saturated heterocycles. The van der Waals surface area contributed by atoms with Crippen LogP contribution in [0.15, 0.2) is 36.5 Å². The quantitative estimate of drug-likeness (QED) is 0.761. The number of carbonyl (C=O) groups excluding carboxylic acids is 1. The number of allylic oxidation sites excluding steroid dienone is 1.